The summed E-state index contributed by atoms with van der Waals surface area (Å²) in [6.07, 6.45) is 0.0904. The van der Waals surface area contributed by atoms with Gasteiger partial charge in [0.25, 0.3) is 5.91 Å². The first-order valence-corrected chi connectivity index (χ1v) is 8.09. The summed E-state index contributed by atoms with van der Waals surface area (Å²) < 4.78 is 9.68. The monoisotopic (exact) mass is 355 g/mol. The molecule has 0 aliphatic rings. The van der Waals surface area contributed by atoms with Crippen LogP contribution in [-0.4, -0.2) is 31.6 Å². The molecule has 0 fully saturated rings. The van der Waals surface area contributed by atoms with Crippen LogP contribution < -0.4 is 5.32 Å². The summed E-state index contributed by atoms with van der Waals surface area (Å²) in [7, 11) is 1.26. The van der Waals surface area contributed by atoms with E-state index in [1.54, 1.807) is 18.2 Å². The Bertz CT molecular complexity index is 829. The first-order valence-electron chi connectivity index (χ1n) is 8.09. The van der Waals surface area contributed by atoms with Crippen molar-refractivity contribution in [2.24, 2.45) is 0 Å². The number of para-hydroxylation sites is 1. The molecule has 0 aliphatic heterocycles. The molecule has 0 heterocycles. The van der Waals surface area contributed by atoms with Crippen LogP contribution in [0, 0.1) is 13.8 Å². The molecule has 0 spiro atoms. The molecule has 0 aromatic heterocycles. The molecular formula is C20H21NO5. The fraction of sp³-hybridized carbons (Fsp3) is 0.250. The Morgan fingerprint density at radius 2 is 1.73 bits per heavy atom. The van der Waals surface area contributed by atoms with Crippen molar-refractivity contribution in [1.82, 2.24) is 0 Å². The normalized spacial score (nSPS) is 10.1. The Balaban J connectivity index is 1.90. The Hall–Kier alpha value is -3.15. The van der Waals surface area contributed by atoms with Crippen LogP contribution in [-0.2, 0) is 25.5 Å². The maximum atomic E-state index is 12.0. The van der Waals surface area contributed by atoms with Gasteiger partial charge < -0.3 is 14.8 Å². The molecule has 2 aromatic carbocycles. The molecule has 1 N–H and O–H groups in total. The topological polar surface area (TPSA) is 81.7 Å². The van der Waals surface area contributed by atoms with Crippen LogP contribution in [0.4, 0.5) is 5.69 Å². The molecule has 136 valence electrons. The van der Waals surface area contributed by atoms with Crippen LogP contribution in [0.1, 0.15) is 27.0 Å². The van der Waals surface area contributed by atoms with Gasteiger partial charge in [0.1, 0.15) is 0 Å². The third-order valence-corrected chi connectivity index (χ3v) is 3.89. The number of hydrogen-bond donors (Lipinski definition) is 1. The second-order valence-electron chi connectivity index (χ2n) is 5.84. The average molecular weight is 355 g/mol. The van der Waals surface area contributed by atoms with E-state index in [2.05, 4.69) is 10.1 Å². The summed E-state index contributed by atoms with van der Waals surface area (Å²) >= 11 is 0. The Morgan fingerprint density at radius 1 is 1.00 bits per heavy atom. The van der Waals surface area contributed by atoms with E-state index in [0.29, 0.717) is 5.69 Å². The molecule has 1 amide bonds. The van der Waals surface area contributed by atoms with Crippen LogP contribution >= 0.6 is 0 Å². The highest BCUT2D eigenvalue weighted by Gasteiger charge is 2.14. The fourth-order valence-corrected chi connectivity index (χ4v) is 2.34. The average Bonchev–Trinajstić information content (AvgIpc) is 2.63. The van der Waals surface area contributed by atoms with Crippen molar-refractivity contribution in [2.75, 3.05) is 19.0 Å². The molecule has 0 saturated carbocycles. The largest absolute Gasteiger partial charge is 0.465 e. The number of carbonyl (C=O) groups is 3. The number of methoxy groups -OCH3 is 1. The van der Waals surface area contributed by atoms with Gasteiger partial charge >= 0.3 is 11.9 Å². The summed E-state index contributed by atoms with van der Waals surface area (Å²) in [6, 6.07) is 12.2. The number of hydrogen-bond acceptors (Lipinski definition) is 5. The maximum absolute atomic E-state index is 12.0. The number of carbonyl (C=O) groups excluding carboxylic acids is 3. The van der Waals surface area contributed by atoms with Crippen molar-refractivity contribution in [3.63, 3.8) is 0 Å². The van der Waals surface area contributed by atoms with E-state index in [4.69, 9.17) is 4.74 Å². The summed E-state index contributed by atoms with van der Waals surface area (Å²) in [5, 5.41) is 2.54. The minimum Gasteiger partial charge on any atom is -0.465 e. The molecule has 0 saturated heterocycles. The van der Waals surface area contributed by atoms with Gasteiger partial charge in [-0.05, 0) is 42.7 Å². The van der Waals surface area contributed by atoms with Gasteiger partial charge in [-0.3, -0.25) is 9.59 Å². The van der Waals surface area contributed by atoms with E-state index in [0.717, 1.165) is 16.7 Å². The SMILES string of the molecule is COC(=O)c1ccccc1NC(=O)COC(=O)Cc1ccc(C)c(C)c1. The highest BCUT2D eigenvalue weighted by Crippen LogP contribution is 2.16. The fourth-order valence-electron chi connectivity index (χ4n) is 2.34. The van der Waals surface area contributed by atoms with E-state index in [1.807, 2.05) is 32.0 Å². The van der Waals surface area contributed by atoms with Crippen molar-refractivity contribution < 1.29 is 23.9 Å². The minimum absolute atomic E-state index is 0.0904. The van der Waals surface area contributed by atoms with Crippen molar-refractivity contribution in [3.8, 4) is 0 Å². The summed E-state index contributed by atoms with van der Waals surface area (Å²) in [6.45, 7) is 3.53. The number of anilines is 1. The zero-order valence-electron chi connectivity index (χ0n) is 15.0. The van der Waals surface area contributed by atoms with Gasteiger partial charge in [0.05, 0.1) is 24.8 Å². The molecule has 6 heteroatoms. The Labute approximate surface area is 152 Å². The molecule has 26 heavy (non-hydrogen) atoms. The molecule has 6 nitrogen and oxygen atoms in total. The van der Waals surface area contributed by atoms with Gasteiger partial charge in [-0.25, -0.2) is 4.79 Å². The number of benzene rings is 2. The van der Waals surface area contributed by atoms with Crippen LogP contribution in [0.5, 0.6) is 0 Å². The number of ether oxygens (including phenoxy) is 2. The zero-order chi connectivity index (χ0) is 19.1. The molecule has 0 radical (unpaired) electrons. The van der Waals surface area contributed by atoms with E-state index < -0.39 is 24.5 Å². The minimum atomic E-state index is -0.562. The molecule has 0 bridgehead atoms. The molecule has 0 atom stereocenters. The number of nitrogens with one attached hydrogen (secondary N) is 1. The number of rotatable bonds is 6. The predicted molar refractivity (Wildman–Crippen MR) is 97.0 cm³/mol. The molecular weight excluding hydrogens is 334 g/mol. The lowest BCUT2D eigenvalue weighted by Gasteiger charge is -2.10. The molecule has 0 unspecified atom stereocenters. The van der Waals surface area contributed by atoms with E-state index in [9.17, 15) is 14.4 Å². The van der Waals surface area contributed by atoms with Crippen LogP contribution in [0.3, 0.4) is 0 Å². The van der Waals surface area contributed by atoms with E-state index in [-0.39, 0.29) is 12.0 Å². The zero-order valence-corrected chi connectivity index (χ0v) is 15.0. The highest BCUT2D eigenvalue weighted by atomic mass is 16.5. The van der Waals surface area contributed by atoms with Gasteiger partial charge in [0, 0.05) is 0 Å². The van der Waals surface area contributed by atoms with Gasteiger partial charge in [-0.2, -0.15) is 0 Å². The standard InChI is InChI=1S/C20H21NO5/c1-13-8-9-15(10-14(13)2)11-19(23)26-12-18(22)21-17-7-5-4-6-16(17)20(24)25-3/h4-10H,11-12H2,1-3H3,(H,21,22). The highest BCUT2D eigenvalue weighted by molar-refractivity contribution is 6.01. The summed E-state index contributed by atoms with van der Waals surface area (Å²) in [4.78, 5) is 35.6. The Kier molecular flexibility index (Phi) is 6.49. The lowest BCUT2D eigenvalue weighted by Crippen LogP contribution is -2.22. The molecule has 2 rings (SSSR count). The second kappa shape index (κ2) is 8.80. The van der Waals surface area contributed by atoms with Crippen LogP contribution in [0.2, 0.25) is 0 Å². The van der Waals surface area contributed by atoms with Crippen molar-refractivity contribution in [1.29, 1.82) is 0 Å². The molecule has 2 aromatic rings. The predicted octanol–water partition coefficient (Wildman–Crippen LogP) is 2.81. The van der Waals surface area contributed by atoms with Gasteiger partial charge in [-0.1, -0.05) is 30.3 Å². The number of aryl methyl sites for hydroxylation is 2. The first kappa shape index (κ1) is 19.2. The summed E-state index contributed by atoms with van der Waals surface area (Å²) in [5.74, 6) is -1.59. The third kappa shape index (κ3) is 5.17. The van der Waals surface area contributed by atoms with Gasteiger partial charge in [-0.15, -0.1) is 0 Å². The molecule has 0 aliphatic carbocycles. The number of esters is 2. The van der Waals surface area contributed by atoms with Crippen molar-refractivity contribution in [3.05, 3.63) is 64.7 Å². The van der Waals surface area contributed by atoms with E-state index >= 15 is 0 Å². The lowest BCUT2D eigenvalue weighted by molar-refractivity contribution is -0.146. The third-order valence-electron chi connectivity index (χ3n) is 3.89. The van der Waals surface area contributed by atoms with Gasteiger partial charge in [0.2, 0.25) is 0 Å². The van der Waals surface area contributed by atoms with Crippen LogP contribution in [0.15, 0.2) is 42.5 Å². The lowest BCUT2D eigenvalue weighted by atomic mass is 10.0. The quantitative estimate of drug-likeness (QED) is 0.806. The first-order chi connectivity index (χ1) is 12.4. The van der Waals surface area contributed by atoms with Gasteiger partial charge in [0.15, 0.2) is 6.61 Å². The summed E-state index contributed by atoms with van der Waals surface area (Å²) in [5.41, 5.74) is 3.59. The smallest absolute Gasteiger partial charge is 0.339 e. The second-order valence-corrected chi connectivity index (χ2v) is 5.84. The number of amides is 1. The maximum Gasteiger partial charge on any atom is 0.339 e. The van der Waals surface area contributed by atoms with Crippen molar-refractivity contribution >= 4 is 23.5 Å². The van der Waals surface area contributed by atoms with Crippen LogP contribution in [0.25, 0.3) is 0 Å². The Morgan fingerprint density at radius 3 is 2.42 bits per heavy atom. The van der Waals surface area contributed by atoms with Crippen molar-refractivity contribution in [2.45, 2.75) is 20.3 Å². The van der Waals surface area contributed by atoms with E-state index in [1.165, 1.54) is 13.2 Å².